The van der Waals surface area contributed by atoms with Gasteiger partial charge in [0.05, 0.1) is 13.2 Å². The van der Waals surface area contributed by atoms with Crippen LogP contribution in [0.4, 0.5) is 0 Å². The molecule has 1 fully saturated rings. The summed E-state index contributed by atoms with van der Waals surface area (Å²) in [5.74, 6) is 1.16. The molecule has 0 spiro atoms. The van der Waals surface area contributed by atoms with Crippen molar-refractivity contribution >= 4 is 0 Å². The zero-order chi connectivity index (χ0) is 13.9. The predicted octanol–water partition coefficient (Wildman–Crippen LogP) is 3.45. The number of nitrogens with two attached hydrogens (primary N) is 1. The van der Waals surface area contributed by atoms with Crippen LogP contribution in [0.3, 0.4) is 0 Å². The maximum absolute atomic E-state index is 5.96. The molecule has 2 atom stereocenters. The Labute approximate surface area is 117 Å². The lowest BCUT2D eigenvalue weighted by atomic mass is 9.67. The van der Waals surface area contributed by atoms with Gasteiger partial charge in [-0.25, -0.2) is 0 Å². The molecule has 0 aromatic heterocycles. The second-order valence-corrected chi connectivity index (χ2v) is 5.92. The Morgan fingerprint density at radius 2 is 1.79 bits per heavy atom. The molecule has 106 valence electrons. The van der Waals surface area contributed by atoms with Gasteiger partial charge in [-0.15, -0.1) is 0 Å². The fourth-order valence-electron chi connectivity index (χ4n) is 3.12. The summed E-state index contributed by atoms with van der Waals surface area (Å²) in [7, 11) is 0. The van der Waals surface area contributed by atoms with Crippen LogP contribution < -0.4 is 5.73 Å². The third-order valence-electron chi connectivity index (χ3n) is 4.95. The topological polar surface area (TPSA) is 35.2 Å². The standard InChI is InChI=1S/C17H27NO/c1-4-13(3)14-6-8-16(9-7-14)17(11-19-12-17)15(5-2)10-18/h6-9,13,15H,4-5,10-12,18H2,1-3H3. The highest BCUT2D eigenvalue weighted by molar-refractivity contribution is 5.33. The van der Waals surface area contributed by atoms with Crippen molar-refractivity contribution < 1.29 is 4.74 Å². The molecule has 1 aliphatic rings. The Hall–Kier alpha value is -0.860. The van der Waals surface area contributed by atoms with Gasteiger partial charge in [-0.1, -0.05) is 51.5 Å². The second-order valence-electron chi connectivity index (χ2n) is 5.92. The van der Waals surface area contributed by atoms with Gasteiger partial charge in [0.2, 0.25) is 0 Å². The summed E-state index contributed by atoms with van der Waals surface area (Å²) < 4.78 is 5.52. The van der Waals surface area contributed by atoms with Crippen molar-refractivity contribution in [3.63, 3.8) is 0 Å². The van der Waals surface area contributed by atoms with Crippen molar-refractivity contribution in [1.82, 2.24) is 0 Å². The molecular weight excluding hydrogens is 234 g/mol. The summed E-state index contributed by atoms with van der Waals surface area (Å²) in [6, 6.07) is 9.16. The average molecular weight is 261 g/mol. The Balaban J connectivity index is 2.24. The first-order valence-corrected chi connectivity index (χ1v) is 7.56. The minimum absolute atomic E-state index is 0.164. The molecule has 2 rings (SSSR count). The normalized spacial score (nSPS) is 20.6. The van der Waals surface area contributed by atoms with E-state index in [0.29, 0.717) is 11.8 Å². The van der Waals surface area contributed by atoms with Crippen LogP contribution in [0.15, 0.2) is 24.3 Å². The van der Waals surface area contributed by atoms with Gasteiger partial charge in [-0.2, -0.15) is 0 Å². The molecule has 2 heteroatoms. The second kappa shape index (κ2) is 6.06. The first kappa shape index (κ1) is 14.5. The zero-order valence-corrected chi connectivity index (χ0v) is 12.5. The lowest BCUT2D eigenvalue weighted by Gasteiger charge is -2.47. The van der Waals surface area contributed by atoms with E-state index >= 15 is 0 Å². The van der Waals surface area contributed by atoms with Gasteiger partial charge >= 0.3 is 0 Å². The van der Waals surface area contributed by atoms with Crippen LogP contribution >= 0.6 is 0 Å². The van der Waals surface area contributed by atoms with E-state index in [4.69, 9.17) is 10.5 Å². The first-order chi connectivity index (χ1) is 9.17. The summed E-state index contributed by atoms with van der Waals surface area (Å²) >= 11 is 0. The van der Waals surface area contributed by atoms with Crippen LogP contribution in [0.1, 0.15) is 50.7 Å². The smallest absolute Gasteiger partial charge is 0.0588 e. The summed E-state index contributed by atoms with van der Waals surface area (Å²) in [4.78, 5) is 0. The van der Waals surface area contributed by atoms with Crippen molar-refractivity contribution in [1.29, 1.82) is 0 Å². The third kappa shape index (κ3) is 2.56. The van der Waals surface area contributed by atoms with Gasteiger partial charge in [0.15, 0.2) is 0 Å². The van der Waals surface area contributed by atoms with E-state index in [2.05, 4.69) is 45.0 Å². The maximum Gasteiger partial charge on any atom is 0.0588 e. The monoisotopic (exact) mass is 261 g/mol. The van der Waals surface area contributed by atoms with Gasteiger partial charge in [0.1, 0.15) is 0 Å². The number of hydrogen-bond donors (Lipinski definition) is 1. The van der Waals surface area contributed by atoms with Crippen molar-refractivity contribution in [2.45, 2.75) is 44.9 Å². The molecule has 2 unspecified atom stereocenters. The van der Waals surface area contributed by atoms with Crippen LogP contribution in [0.2, 0.25) is 0 Å². The maximum atomic E-state index is 5.96. The fourth-order valence-corrected chi connectivity index (χ4v) is 3.12. The van der Waals surface area contributed by atoms with Gasteiger partial charge < -0.3 is 10.5 Å². The molecule has 0 amide bonds. The Kier molecular flexibility index (Phi) is 4.64. The molecule has 19 heavy (non-hydrogen) atoms. The van der Waals surface area contributed by atoms with Crippen LogP contribution in [0.5, 0.6) is 0 Å². The fraction of sp³-hybridized carbons (Fsp3) is 0.647. The molecule has 0 bridgehead atoms. The highest BCUT2D eigenvalue weighted by atomic mass is 16.5. The number of benzene rings is 1. The molecule has 0 aliphatic carbocycles. The molecule has 0 radical (unpaired) electrons. The molecule has 1 saturated heterocycles. The number of ether oxygens (including phenoxy) is 1. The Morgan fingerprint density at radius 3 is 2.16 bits per heavy atom. The van der Waals surface area contributed by atoms with E-state index in [1.54, 1.807) is 0 Å². The first-order valence-electron chi connectivity index (χ1n) is 7.56. The highest BCUT2D eigenvalue weighted by Crippen LogP contribution is 2.41. The number of hydrogen-bond acceptors (Lipinski definition) is 2. The number of rotatable bonds is 6. The van der Waals surface area contributed by atoms with E-state index in [9.17, 15) is 0 Å². The lowest BCUT2D eigenvalue weighted by molar-refractivity contribution is -0.0898. The Morgan fingerprint density at radius 1 is 1.16 bits per heavy atom. The SMILES string of the molecule is CCC(C)c1ccc(C2(C(CC)CN)COC2)cc1. The van der Waals surface area contributed by atoms with Crippen LogP contribution in [-0.4, -0.2) is 19.8 Å². The van der Waals surface area contributed by atoms with E-state index in [0.717, 1.165) is 26.2 Å². The van der Waals surface area contributed by atoms with Crippen molar-refractivity contribution in [2.75, 3.05) is 19.8 Å². The van der Waals surface area contributed by atoms with Crippen LogP contribution in [0.25, 0.3) is 0 Å². The molecular formula is C17H27NO. The summed E-state index contributed by atoms with van der Waals surface area (Å²) in [5.41, 5.74) is 8.96. The molecule has 2 nitrogen and oxygen atoms in total. The largest absolute Gasteiger partial charge is 0.379 e. The van der Waals surface area contributed by atoms with Crippen molar-refractivity contribution in [3.8, 4) is 0 Å². The molecule has 1 aromatic carbocycles. The van der Waals surface area contributed by atoms with Crippen molar-refractivity contribution in [2.24, 2.45) is 11.7 Å². The molecule has 1 aliphatic heterocycles. The third-order valence-corrected chi connectivity index (χ3v) is 4.95. The quantitative estimate of drug-likeness (QED) is 0.851. The zero-order valence-electron chi connectivity index (χ0n) is 12.5. The summed E-state index contributed by atoms with van der Waals surface area (Å²) in [5, 5.41) is 0. The molecule has 1 aromatic rings. The lowest BCUT2D eigenvalue weighted by Crippen LogP contribution is -2.54. The van der Waals surface area contributed by atoms with E-state index in [1.165, 1.54) is 17.5 Å². The minimum atomic E-state index is 0.164. The summed E-state index contributed by atoms with van der Waals surface area (Å²) in [6.45, 7) is 9.14. The van der Waals surface area contributed by atoms with Crippen molar-refractivity contribution in [3.05, 3.63) is 35.4 Å². The predicted molar refractivity (Wildman–Crippen MR) is 80.5 cm³/mol. The average Bonchev–Trinajstić information content (AvgIpc) is 2.42. The van der Waals surface area contributed by atoms with Gasteiger partial charge in [0.25, 0.3) is 0 Å². The molecule has 0 saturated carbocycles. The minimum Gasteiger partial charge on any atom is -0.379 e. The highest BCUT2D eigenvalue weighted by Gasteiger charge is 2.45. The molecule has 1 heterocycles. The van der Waals surface area contributed by atoms with E-state index in [-0.39, 0.29) is 5.41 Å². The van der Waals surface area contributed by atoms with Gasteiger partial charge in [0, 0.05) is 5.41 Å². The van der Waals surface area contributed by atoms with Crippen LogP contribution in [0, 0.1) is 5.92 Å². The van der Waals surface area contributed by atoms with Gasteiger partial charge in [-0.3, -0.25) is 0 Å². The van der Waals surface area contributed by atoms with E-state index in [1.807, 2.05) is 0 Å². The summed E-state index contributed by atoms with van der Waals surface area (Å²) in [6.07, 6.45) is 2.31. The van der Waals surface area contributed by atoms with Crippen LogP contribution in [-0.2, 0) is 10.2 Å². The Bertz CT molecular complexity index is 390. The van der Waals surface area contributed by atoms with E-state index < -0.39 is 0 Å². The van der Waals surface area contributed by atoms with Gasteiger partial charge in [-0.05, 0) is 35.9 Å². The molecule has 2 N–H and O–H groups in total.